The molecule has 0 saturated carbocycles. The van der Waals surface area contributed by atoms with Gasteiger partial charge in [-0.3, -0.25) is 9.59 Å². The topological polar surface area (TPSA) is 58.6 Å². The molecule has 0 heterocycles. The zero-order valence-corrected chi connectivity index (χ0v) is 15.0. The molecular weight excluding hydrogens is 340 g/mol. The molecule has 0 aliphatic rings. The number of rotatable bonds is 7. The Labute approximate surface area is 152 Å². The molecule has 0 aromatic heterocycles. The van der Waals surface area contributed by atoms with Crippen molar-refractivity contribution in [3.8, 4) is 5.75 Å². The predicted molar refractivity (Wildman–Crippen MR) is 99.0 cm³/mol. The van der Waals surface area contributed by atoms with E-state index in [0.29, 0.717) is 23.7 Å². The monoisotopic (exact) mass is 360 g/mol. The van der Waals surface area contributed by atoms with Gasteiger partial charge < -0.3 is 15.0 Å². The van der Waals surface area contributed by atoms with Gasteiger partial charge in [0.1, 0.15) is 5.75 Å². The van der Waals surface area contributed by atoms with Crippen LogP contribution in [0.5, 0.6) is 5.75 Å². The van der Waals surface area contributed by atoms with Gasteiger partial charge in [-0.05, 0) is 42.3 Å². The number of halogens is 1. The molecule has 6 heteroatoms. The van der Waals surface area contributed by atoms with Crippen molar-refractivity contribution in [1.82, 2.24) is 4.90 Å². The first kappa shape index (κ1) is 18.8. The Morgan fingerprint density at radius 3 is 2.48 bits per heavy atom. The fourth-order valence-electron chi connectivity index (χ4n) is 2.34. The maximum absolute atomic E-state index is 12.2. The first-order valence-corrected chi connectivity index (χ1v) is 8.29. The molecule has 0 aliphatic carbocycles. The maximum atomic E-state index is 12.2. The zero-order valence-electron chi connectivity index (χ0n) is 14.3. The summed E-state index contributed by atoms with van der Waals surface area (Å²) in [5.74, 6) is 0.384. The molecule has 2 rings (SSSR count). The number of hydrogen-bond donors (Lipinski definition) is 1. The highest BCUT2D eigenvalue weighted by molar-refractivity contribution is 6.30. The lowest BCUT2D eigenvalue weighted by atomic mass is 10.1. The fraction of sp³-hybridized carbons (Fsp3) is 0.263. The Bertz CT molecular complexity index is 732. The van der Waals surface area contributed by atoms with Crippen molar-refractivity contribution in [3.63, 3.8) is 0 Å². The normalized spacial score (nSPS) is 10.2. The smallest absolute Gasteiger partial charge is 0.243 e. The lowest BCUT2D eigenvalue weighted by Crippen LogP contribution is -2.38. The molecule has 0 fully saturated rings. The van der Waals surface area contributed by atoms with Crippen LogP contribution in [-0.4, -0.2) is 36.9 Å². The number of nitrogens with one attached hydrogen (secondary N) is 1. The second-order valence-electron chi connectivity index (χ2n) is 5.60. The quantitative estimate of drug-likeness (QED) is 0.823. The maximum Gasteiger partial charge on any atom is 0.243 e. The standard InChI is InChI=1S/C19H21ClN2O3/c1-14(23)22(11-10-15-6-8-18(25-2)9-7-15)13-19(24)21-17-5-3-4-16(20)12-17/h3-9,12H,10-11,13H2,1-2H3,(H,21,24). The molecule has 0 aliphatic heterocycles. The molecule has 0 spiro atoms. The van der Waals surface area contributed by atoms with Gasteiger partial charge in [-0.15, -0.1) is 0 Å². The summed E-state index contributed by atoms with van der Waals surface area (Å²) >= 11 is 5.90. The van der Waals surface area contributed by atoms with Crippen LogP contribution in [0.25, 0.3) is 0 Å². The van der Waals surface area contributed by atoms with Gasteiger partial charge in [0.25, 0.3) is 0 Å². The van der Waals surface area contributed by atoms with Crippen LogP contribution in [0, 0.1) is 0 Å². The molecule has 0 radical (unpaired) electrons. The van der Waals surface area contributed by atoms with E-state index in [9.17, 15) is 9.59 Å². The van der Waals surface area contributed by atoms with Crippen LogP contribution in [0.4, 0.5) is 5.69 Å². The summed E-state index contributed by atoms with van der Waals surface area (Å²) < 4.78 is 5.12. The van der Waals surface area contributed by atoms with Gasteiger partial charge in [0.05, 0.1) is 13.7 Å². The van der Waals surface area contributed by atoms with E-state index in [1.807, 2.05) is 24.3 Å². The Morgan fingerprint density at radius 1 is 1.16 bits per heavy atom. The molecule has 2 aromatic carbocycles. The fourth-order valence-corrected chi connectivity index (χ4v) is 2.53. The number of carbonyl (C=O) groups is 2. The highest BCUT2D eigenvalue weighted by Crippen LogP contribution is 2.15. The molecular formula is C19H21ClN2O3. The number of ether oxygens (including phenoxy) is 1. The SMILES string of the molecule is COc1ccc(CCN(CC(=O)Nc2cccc(Cl)c2)C(C)=O)cc1. The first-order chi connectivity index (χ1) is 12.0. The largest absolute Gasteiger partial charge is 0.497 e. The van der Waals surface area contributed by atoms with E-state index in [1.165, 1.54) is 11.8 Å². The summed E-state index contributed by atoms with van der Waals surface area (Å²) in [4.78, 5) is 25.5. The third-order valence-electron chi connectivity index (χ3n) is 3.72. The molecule has 0 atom stereocenters. The average Bonchev–Trinajstić information content (AvgIpc) is 2.58. The lowest BCUT2D eigenvalue weighted by Gasteiger charge is -2.20. The molecule has 132 valence electrons. The number of carbonyl (C=O) groups excluding carboxylic acids is 2. The van der Waals surface area contributed by atoms with E-state index < -0.39 is 0 Å². The Hall–Kier alpha value is -2.53. The third kappa shape index (κ3) is 6.12. The minimum Gasteiger partial charge on any atom is -0.497 e. The molecule has 25 heavy (non-hydrogen) atoms. The third-order valence-corrected chi connectivity index (χ3v) is 3.95. The zero-order chi connectivity index (χ0) is 18.2. The summed E-state index contributed by atoms with van der Waals surface area (Å²) in [5.41, 5.74) is 1.68. The molecule has 0 saturated heterocycles. The highest BCUT2D eigenvalue weighted by Gasteiger charge is 2.14. The molecule has 0 unspecified atom stereocenters. The van der Waals surface area contributed by atoms with Crippen molar-refractivity contribution in [1.29, 1.82) is 0 Å². The molecule has 5 nitrogen and oxygen atoms in total. The number of nitrogens with zero attached hydrogens (tertiary/aromatic N) is 1. The first-order valence-electron chi connectivity index (χ1n) is 7.92. The van der Waals surface area contributed by atoms with Gasteiger partial charge in [0.15, 0.2) is 0 Å². The van der Waals surface area contributed by atoms with Crippen LogP contribution >= 0.6 is 11.6 Å². The number of anilines is 1. The second-order valence-corrected chi connectivity index (χ2v) is 6.03. The average molecular weight is 361 g/mol. The number of amides is 2. The minimum absolute atomic E-state index is 0.00198. The number of hydrogen-bond acceptors (Lipinski definition) is 3. The van der Waals surface area contributed by atoms with Crippen molar-refractivity contribution in [2.75, 3.05) is 25.5 Å². The highest BCUT2D eigenvalue weighted by atomic mass is 35.5. The van der Waals surface area contributed by atoms with Crippen LogP contribution in [0.1, 0.15) is 12.5 Å². The molecule has 2 aromatic rings. The van der Waals surface area contributed by atoms with E-state index in [1.54, 1.807) is 31.4 Å². The van der Waals surface area contributed by atoms with Crippen molar-refractivity contribution in [3.05, 3.63) is 59.1 Å². The molecule has 2 amide bonds. The summed E-state index contributed by atoms with van der Waals surface area (Å²) in [6.07, 6.45) is 0.661. The van der Waals surface area contributed by atoms with Crippen molar-refractivity contribution < 1.29 is 14.3 Å². The summed E-state index contributed by atoms with van der Waals surface area (Å²) in [6.45, 7) is 1.92. The Morgan fingerprint density at radius 2 is 1.88 bits per heavy atom. The molecule has 0 bridgehead atoms. The van der Waals surface area contributed by atoms with Gasteiger partial charge >= 0.3 is 0 Å². The van der Waals surface area contributed by atoms with Gasteiger partial charge in [-0.25, -0.2) is 0 Å². The second kappa shape index (κ2) is 9.08. The minimum atomic E-state index is -0.257. The van der Waals surface area contributed by atoms with Gasteiger partial charge in [-0.1, -0.05) is 29.8 Å². The van der Waals surface area contributed by atoms with Crippen LogP contribution in [0.2, 0.25) is 5.02 Å². The van der Waals surface area contributed by atoms with Crippen LogP contribution in [-0.2, 0) is 16.0 Å². The summed E-state index contributed by atoms with van der Waals surface area (Å²) in [7, 11) is 1.62. The van der Waals surface area contributed by atoms with Crippen LogP contribution in [0.15, 0.2) is 48.5 Å². The lowest BCUT2D eigenvalue weighted by molar-refractivity contribution is -0.132. The van der Waals surface area contributed by atoms with E-state index in [2.05, 4.69) is 5.32 Å². The van der Waals surface area contributed by atoms with Gasteiger partial charge in [0.2, 0.25) is 11.8 Å². The summed E-state index contributed by atoms with van der Waals surface area (Å²) in [5, 5.41) is 3.29. The van der Waals surface area contributed by atoms with Crippen molar-refractivity contribution >= 4 is 29.1 Å². The van der Waals surface area contributed by atoms with E-state index >= 15 is 0 Å². The van der Waals surface area contributed by atoms with Gasteiger partial charge in [-0.2, -0.15) is 0 Å². The van der Waals surface area contributed by atoms with Crippen molar-refractivity contribution in [2.45, 2.75) is 13.3 Å². The van der Waals surface area contributed by atoms with Crippen LogP contribution < -0.4 is 10.1 Å². The Kier molecular flexibility index (Phi) is 6.83. The van der Waals surface area contributed by atoms with Crippen LogP contribution in [0.3, 0.4) is 0 Å². The number of benzene rings is 2. The van der Waals surface area contributed by atoms with Crippen molar-refractivity contribution in [2.24, 2.45) is 0 Å². The van der Waals surface area contributed by atoms with E-state index in [0.717, 1.165) is 11.3 Å². The number of methoxy groups -OCH3 is 1. The summed E-state index contributed by atoms with van der Waals surface area (Å²) in [6, 6.07) is 14.5. The van der Waals surface area contributed by atoms with E-state index in [-0.39, 0.29) is 18.4 Å². The van der Waals surface area contributed by atoms with E-state index in [4.69, 9.17) is 16.3 Å². The molecule has 1 N–H and O–H groups in total. The Balaban J connectivity index is 1.91. The predicted octanol–water partition coefficient (Wildman–Crippen LogP) is 3.38. The van der Waals surface area contributed by atoms with Gasteiger partial charge in [0, 0.05) is 24.2 Å².